The Hall–Kier alpha value is -0.0200. The molecule has 0 N–H and O–H groups in total. The van der Waals surface area contributed by atoms with E-state index in [1.54, 1.807) is 0 Å². The molecule has 0 aromatic rings. The van der Waals surface area contributed by atoms with E-state index in [1.807, 2.05) is 0 Å². The quantitative estimate of drug-likeness (QED) is 0.426. The van der Waals surface area contributed by atoms with E-state index in [9.17, 15) is 4.21 Å². The van der Waals surface area contributed by atoms with Gasteiger partial charge in [0.05, 0.1) is 13.2 Å². The Labute approximate surface area is 49.9 Å². The molecule has 0 atom stereocenters. The molecule has 0 amide bonds. The molecule has 0 saturated carbocycles. The number of hydrogen-bond donors (Lipinski definition) is 0. The van der Waals surface area contributed by atoms with Gasteiger partial charge in [-0.1, -0.05) is 0 Å². The summed E-state index contributed by atoms with van der Waals surface area (Å²) in [5.74, 6) is 4.87. The Morgan fingerprint density at radius 3 is 2.12 bits per heavy atom. The van der Waals surface area contributed by atoms with Crippen LogP contribution < -0.4 is 0 Å². The molecule has 0 aromatic heterocycles. The predicted molar refractivity (Wildman–Crippen MR) is 35.8 cm³/mol. The molecular formula is C5H10O2S. The zero-order chi connectivity index (χ0) is 6.04. The van der Waals surface area contributed by atoms with Gasteiger partial charge in [0.2, 0.25) is 0 Å². The fourth-order valence-corrected chi connectivity index (χ4v) is 1.67. The van der Waals surface area contributed by atoms with Crippen molar-refractivity contribution in [3.05, 3.63) is 0 Å². The van der Waals surface area contributed by atoms with Gasteiger partial charge in [-0.3, -0.25) is 4.21 Å². The summed E-state index contributed by atoms with van der Waals surface area (Å²) in [4.78, 5) is 0. The average molecular weight is 134 g/mol. The summed E-state index contributed by atoms with van der Waals surface area (Å²) in [6, 6.07) is 0. The van der Waals surface area contributed by atoms with Crippen LogP contribution in [0.15, 0.2) is 0 Å². The molecule has 1 aliphatic rings. The standard InChI is InChI=1S/C5H10O2S/c1-8(6)4-2-7-3-5-8/h1-5H2. The molecule has 0 spiro atoms. The maximum absolute atomic E-state index is 11.0. The molecule has 1 heterocycles. The van der Waals surface area contributed by atoms with E-state index in [2.05, 4.69) is 5.87 Å². The van der Waals surface area contributed by atoms with Crippen molar-refractivity contribution in [1.29, 1.82) is 0 Å². The van der Waals surface area contributed by atoms with Gasteiger partial charge in [0, 0.05) is 11.5 Å². The van der Waals surface area contributed by atoms with Crippen molar-refractivity contribution in [2.24, 2.45) is 0 Å². The van der Waals surface area contributed by atoms with E-state index in [0.29, 0.717) is 24.7 Å². The van der Waals surface area contributed by atoms with Crippen LogP contribution in [0.25, 0.3) is 0 Å². The topological polar surface area (TPSA) is 26.3 Å². The van der Waals surface area contributed by atoms with Crippen molar-refractivity contribution in [2.45, 2.75) is 0 Å². The molecule has 1 aliphatic heterocycles. The van der Waals surface area contributed by atoms with Crippen molar-refractivity contribution < 1.29 is 8.95 Å². The molecule has 1 fully saturated rings. The van der Waals surface area contributed by atoms with E-state index >= 15 is 0 Å². The van der Waals surface area contributed by atoms with Gasteiger partial charge in [0.1, 0.15) is 0 Å². The maximum Gasteiger partial charge on any atom is 0.0576 e. The molecular weight excluding hydrogens is 124 g/mol. The Bertz CT molecular complexity index is 145. The lowest BCUT2D eigenvalue weighted by atomic mass is 10.8. The van der Waals surface area contributed by atoms with E-state index in [-0.39, 0.29) is 0 Å². The molecule has 48 valence electrons. The Morgan fingerprint density at radius 2 is 1.88 bits per heavy atom. The van der Waals surface area contributed by atoms with Crippen LogP contribution in [0, 0.1) is 0 Å². The Morgan fingerprint density at radius 1 is 1.38 bits per heavy atom. The lowest BCUT2D eigenvalue weighted by Crippen LogP contribution is -2.25. The van der Waals surface area contributed by atoms with E-state index in [4.69, 9.17) is 4.74 Å². The lowest BCUT2D eigenvalue weighted by Gasteiger charge is -2.14. The Kier molecular flexibility index (Phi) is 1.58. The zero-order valence-electron chi connectivity index (χ0n) is 4.76. The van der Waals surface area contributed by atoms with Crippen LogP contribution in [-0.2, 0) is 14.3 Å². The second-order valence-electron chi connectivity index (χ2n) is 1.99. The van der Waals surface area contributed by atoms with Crippen molar-refractivity contribution >= 4 is 15.4 Å². The van der Waals surface area contributed by atoms with Gasteiger partial charge in [-0.2, -0.15) is 0 Å². The zero-order valence-corrected chi connectivity index (χ0v) is 5.58. The Balaban J connectivity index is 2.58. The van der Waals surface area contributed by atoms with Gasteiger partial charge in [-0.25, -0.2) is 0 Å². The predicted octanol–water partition coefficient (Wildman–Crippen LogP) is -0.267. The first-order valence-electron chi connectivity index (χ1n) is 2.61. The molecule has 0 unspecified atom stereocenters. The largest absolute Gasteiger partial charge is 0.380 e. The van der Waals surface area contributed by atoms with Crippen LogP contribution in [0.2, 0.25) is 0 Å². The highest BCUT2D eigenvalue weighted by atomic mass is 32.2. The van der Waals surface area contributed by atoms with Gasteiger partial charge in [0.25, 0.3) is 0 Å². The third-order valence-electron chi connectivity index (χ3n) is 1.20. The van der Waals surface area contributed by atoms with Crippen molar-refractivity contribution in [2.75, 3.05) is 24.7 Å². The fraction of sp³-hybridized carbons (Fsp3) is 0.800. The summed E-state index contributed by atoms with van der Waals surface area (Å²) < 4.78 is 16.0. The molecule has 0 radical (unpaired) electrons. The molecule has 0 aliphatic carbocycles. The monoisotopic (exact) mass is 134 g/mol. The molecule has 0 aromatic carbocycles. The van der Waals surface area contributed by atoms with Gasteiger partial charge >= 0.3 is 0 Å². The first-order chi connectivity index (χ1) is 3.71. The summed E-state index contributed by atoms with van der Waals surface area (Å²) >= 11 is 0. The number of hydrogen-bond acceptors (Lipinski definition) is 2. The van der Waals surface area contributed by atoms with Crippen LogP contribution in [-0.4, -0.2) is 34.8 Å². The second-order valence-corrected chi connectivity index (χ2v) is 4.73. The van der Waals surface area contributed by atoms with Gasteiger partial charge in [-0.05, 0) is 15.4 Å². The highest BCUT2D eigenvalue weighted by molar-refractivity contribution is 8.00. The first kappa shape index (κ1) is 6.11. The highest BCUT2D eigenvalue weighted by Crippen LogP contribution is 1.96. The summed E-state index contributed by atoms with van der Waals surface area (Å²) in [5, 5.41) is 0. The van der Waals surface area contributed by atoms with E-state index in [1.165, 1.54) is 0 Å². The lowest BCUT2D eigenvalue weighted by molar-refractivity contribution is 0.158. The van der Waals surface area contributed by atoms with Crippen LogP contribution in [0.5, 0.6) is 0 Å². The molecule has 2 nitrogen and oxygen atoms in total. The third-order valence-corrected chi connectivity index (χ3v) is 3.02. The van der Waals surface area contributed by atoms with Crippen LogP contribution >= 0.6 is 0 Å². The normalized spacial score (nSPS) is 27.5. The minimum atomic E-state index is -1.71. The van der Waals surface area contributed by atoms with Gasteiger partial charge in [0.15, 0.2) is 0 Å². The third kappa shape index (κ3) is 1.49. The van der Waals surface area contributed by atoms with E-state index in [0.717, 1.165) is 0 Å². The maximum atomic E-state index is 11.0. The minimum absolute atomic E-state index is 0.627. The second kappa shape index (κ2) is 2.07. The van der Waals surface area contributed by atoms with Crippen LogP contribution in [0.4, 0.5) is 0 Å². The number of rotatable bonds is 0. The van der Waals surface area contributed by atoms with Gasteiger partial charge < -0.3 is 4.74 Å². The van der Waals surface area contributed by atoms with Crippen molar-refractivity contribution in [3.8, 4) is 0 Å². The van der Waals surface area contributed by atoms with Crippen LogP contribution in [0.1, 0.15) is 0 Å². The fourth-order valence-electron chi connectivity index (χ4n) is 0.626. The summed E-state index contributed by atoms with van der Waals surface area (Å²) in [6.45, 7) is 1.25. The first-order valence-corrected chi connectivity index (χ1v) is 4.68. The summed E-state index contributed by atoms with van der Waals surface area (Å²) in [6.07, 6.45) is 0. The van der Waals surface area contributed by atoms with E-state index < -0.39 is 9.52 Å². The average Bonchev–Trinajstić information content (AvgIpc) is 1.65. The highest BCUT2D eigenvalue weighted by Gasteiger charge is 2.08. The molecule has 8 heavy (non-hydrogen) atoms. The SMILES string of the molecule is C=S1(=O)CCOCC1. The van der Waals surface area contributed by atoms with Crippen molar-refractivity contribution in [3.63, 3.8) is 0 Å². The summed E-state index contributed by atoms with van der Waals surface area (Å²) in [5.41, 5.74) is 0. The number of ether oxygens (including phenoxy) is 1. The molecule has 0 bridgehead atoms. The van der Waals surface area contributed by atoms with Crippen molar-refractivity contribution in [1.82, 2.24) is 0 Å². The summed E-state index contributed by atoms with van der Waals surface area (Å²) in [7, 11) is -1.71. The van der Waals surface area contributed by atoms with Gasteiger partial charge in [-0.15, -0.1) is 0 Å². The minimum Gasteiger partial charge on any atom is -0.380 e. The molecule has 3 heteroatoms. The molecule has 1 saturated heterocycles. The smallest absolute Gasteiger partial charge is 0.0576 e. The van der Waals surface area contributed by atoms with Crippen LogP contribution in [0.3, 0.4) is 0 Å². The molecule has 1 rings (SSSR count).